The molecule has 2 heterocycles. The highest BCUT2D eigenvalue weighted by molar-refractivity contribution is 9.11. The second-order valence-electron chi connectivity index (χ2n) is 4.60. The molecular formula is C14H14BrN3S2. The molecule has 0 radical (unpaired) electrons. The van der Waals surface area contributed by atoms with E-state index in [1.54, 1.807) is 23.1 Å². The summed E-state index contributed by atoms with van der Waals surface area (Å²) in [5.74, 6) is 0. The van der Waals surface area contributed by atoms with E-state index in [0.717, 1.165) is 20.0 Å². The lowest BCUT2D eigenvalue weighted by Crippen LogP contribution is -2.21. The summed E-state index contributed by atoms with van der Waals surface area (Å²) in [5.41, 5.74) is 8.20. The molecule has 0 aliphatic rings. The molecule has 6 heteroatoms. The molecular weight excluding hydrogens is 354 g/mol. The lowest BCUT2D eigenvalue weighted by Gasteiger charge is -2.17. The minimum absolute atomic E-state index is 0.0544. The predicted molar refractivity (Wildman–Crippen MR) is 90.4 cm³/mol. The van der Waals surface area contributed by atoms with Crippen molar-refractivity contribution in [2.75, 3.05) is 0 Å². The summed E-state index contributed by atoms with van der Waals surface area (Å²) in [6.07, 6.45) is 0. The molecule has 20 heavy (non-hydrogen) atoms. The number of hydrogen-bond acceptors (Lipinski definition) is 4. The van der Waals surface area contributed by atoms with Crippen molar-refractivity contribution in [2.45, 2.75) is 23.4 Å². The number of aromatic amines is 1. The number of imidazole rings is 1. The molecule has 2 atom stereocenters. The molecule has 0 fully saturated rings. The molecule has 3 nitrogen and oxygen atoms in total. The van der Waals surface area contributed by atoms with Gasteiger partial charge >= 0.3 is 0 Å². The molecule has 0 bridgehead atoms. The van der Waals surface area contributed by atoms with Crippen LogP contribution in [0, 0.1) is 0 Å². The van der Waals surface area contributed by atoms with Crippen LogP contribution in [0.4, 0.5) is 0 Å². The van der Waals surface area contributed by atoms with Gasteiger partial charge < -0.3 is 10.7 Å². The quantitative estimate of drug-likeness (QED) is 0.664. The van der Waals surface area contributed by atoms with Gasteiger partial charge in [-0.3, -0.25) is 0 Å². The predicted octanol–water partition coefficient (Wildman–Crippen LogP) is 4.57. The molecule has 3 N–H and O–H groups in total. The summed E-state index contributed by atoms with van der Waals surface area (Å²) in [6.45, 7) is 2.04. The summed E-state index contributed by atoms with van der Waals surface area (Å²) in [6, 6.07) is 12.3. The minimum Gasteiger partial charge on any atom is -0.333 e. The van der Waals surface area contributed by atoms with Crippen LogP contribution in [0.15, 0.2) is 45.3 Å². The van der Waals surface area contributed by atoms with E-state index in [1.807, 2.05) is 31.2 Å². The van der Waals surface area contributed by atoms with Crippen LogP contribution in [0.3, 0.4) is 0 Å². The van der Waals surface area contributed by atoms with E-state index in [1.165, 1.54) is 4.88 Å². The Labute approximate surface area is 134 Å². The smallest absolute Gasteiger partial charge is 0.167 e. The molecule has 0 saturated carbocycles. The van der Waals surface area contributed by atoms with Crippen LogP contribution in [0.25, 0.3) is 11.0 Å². The van der Waals surface area contributed by atoms with E-state index in [0.29, 0.717) is 0 Å². The third kappa shape index (κ3) is 2.93. The van der Waals surface area contributed by atoms with Crippen LogP contribution < -0.4 is 5.73 Å². The number of thiophene rings is 1. The number of H-pyrrole nitrogens is 1. The van der Waals surface area contributed by atoms with Crippen molar-refractivity contribution >= 4 is 50.1 Å². The maximum absolute atomic E-state index is 6.15. The van der Waals surface area contributed by atoms with E-state index in [4.69, 9.17) is 5.73 Å². The van der Waals surface area contributed by atoms with Gasteiger partial charge in [0, 0.05) is 10.9 Å². The normalized spacial score (nSPS) is 14.6. The average molecular weight is 368 g/mol. The van der Waals surface area contributed by atoms with E-state index in [9.17, 15) is 0 Å². The minimum atomic E-state index is 0.0544. The molecule has 2 aromatic heterocycles. The Morgan fingerprint density at radius 3 is 2.75 bits per heavy atom. The van der Waals surface area contributed by atoms with Crippen LogP contribution in [-0.4, -0.2) is 16.0 Å². The van der Waals surface area contributed by atoms with Crippen LogP contribution in [0.1, 0.15) is 17.1 Å². The first-order valence-corrected chi connectivity index (χ1v) is 8.74. The van der Waals surface area contributed by atoms with Crippen molar-refractivity contribution in [3.8, 4) is 0 Å². The maximum atomic E-state index is 6.15. The fourth-order valence-electron chi connectivity index (χ4n) is 2.01. The maximum Gasteiger partial charge on any atom is 0.167 e. The van der Waals surface area contributed by atoms with Crippen molar-refractivity contribution in [1.82, 2.24) is 9.97 Å². The summed E-state index contributed by atoms with van der Waals surface area (Å²) in [7, 11) is 0. The Morgan fingerprint density at radius 2 is 2.10 bits per heavy atom. The highest BCUT2D eigenvalue weighted by Crippen LogP contribution is 2.40. The summed E-state index contributed by atoms with van der Waals surface area (Å²) < 4.78 is 1.13. The number of hydrogen-bond donors (Lipinski definition) is 2. The monoisotopic (exact) mass is 367 g/mol. The van der Waals surface area contributed by atoms with E-state index >= 15 is 0 Å². The topological polar surface area (TPSA) is 54.7 Å². The van der Waals surface area contributed by atoms with Crippen molar-refractivity contribution in [3.05, 3.63) is 45.1 Å². The van der Waals surface area contributed by atoms with Crippen molar-refractivity contribution in [2.24, 2.45) is 5.73 Å². The number of nitrogens with one attached hydrogen (secondary N) is 1. The largest absolute Gasteiger partial charge is 0.333 e. The van der Waals surface area contributed by atoms with Gasteiger partial charge in [0.1, 0.15) is 0 Å². The van der Waals surface area contributed by atoms with Crippen LogP contribution in [0.5, 0.6) is 0 Å². The zero-order valence-electron chi connectivity index (χ0n) is 10.8. The second kappa shape index (κ2) is 5.89. The molecule has 0 aliphatic heterocycles. The number of halogens is 1. The highest BCUT2D eigenvalue weighted by atomic mass is 79.9. The standard InChI is InChI=1S/C14H14BrN3S2/c1-8(16)13(11-6-7-12(15)19-11)20-14-17-9-4-2-3-5-10(9)18-14/h2-8,13H,16H2,1H3,(H,17,18). The van der Waals surface area contributed by atoms with Crippen molar-refractivity contribution in [1.29, 1.82) is 0 Å². The number of thioether (sulfide) groups is 1. The van der Waals surface area contributed by atoms with E-state index in [2.05, 4.69) is 38.0 Å². The Balaban J connectivity index is 1.89. The van der Waals surface area contributed by atoms with Gasteiger partial charge in [0.15, 0.2) is 5.16 Å². The van der Waals surface area contributed by atoms with Crippen LogP contribution in [-0.2, 0) is 0 Å². The lowest BCUT2D eigenvalue weighted by atomic mass is 10.2. The first-order valence-electron chi connectivity index (χ1n) is 6.25. The number of nitrogens with zero attached hydrogens (tertiary/aromatic N) is 1. The molecule has 2 unspecified atom stereocenters. The Hall–Kier alpha value is -0.820. The first-order chi connectivity index (χ1) is 9.63. The number of rotatable bonds is 4. The zero-order valence-corrected chi connectivity index (χ0v) is 14.1. The molecule has 0 aliphatic carbocycles. The molecule has 0 saturated heterocycles. The highest BCUT2D eigenvalue weighted by Gasteiger charge is 2.21. The SMILES string of the molecule is CC(N)C(Sc1nc2ccccc2[nH]1)c1ccc(Br)s1. The third-order valence-electron chi connectivity index (χ3n) is 2.96. The summed E-state index contributed by atoms with van der Waals surface area (Å²) in [4.78, 5) is 9.22. The van der Waals surface area contributed by atoms with Gasteiger partial charge in [-0.25, -0.2) is 4.98 Å². The van der Waals surface area contributed by atoms with Gasteiger partial charge in [-0.1, -0.05) is 23.9 Å². The molecule has 1 aromatic carbocycles. The number of benzene rings is 1. The Bertz CT molecular complexity index is 687. The number of fused-ring (bicyclic) bond motifs is 1. The molecule has 104 valence electrons. The third-order valence-corrected chi connectivity index (χ3v) is 6.17. The van der Waals surface area contributed by atoms with Crippen molar-refractivity contribution in [3.63, 3.8) is 0 Å². The molecule has 3 rings (SSSR count). The van der Waals surface area contributed by atoms with Crippen molar-refractivity contribution < 1.29 is 0 Å². The van der Waals surface area contributed by atoms with Crippen LogP contribution >= 0.6 is 39.0 Å². The number of aromatic nitrogens is 2. The average Bonchev–Trinajstić information content (AvgIpc) is 3.01. The van der Waals surface area contributed by atoms with Gasteiger partial charge in [0.25, 0.3) is 0 Å². The number of para-hydroxylation sites is 2. The van der Waals surface area contributed by atoms with Gasteiger partial charge in [0.2, 0.25) is 0 Å². The first kappa shape index (κ1) is 14.1. The lowest BCUT2D eigenvalue weighted by molar-refractivity contribution is 0.727. The number of nitrogens with two attached hydrogens (primary N) is 1. The molecule has 0 amide bonds. The fourth-order valence-corrected chi connectivity index (χ4v) is 4.79. The van der Waals surface area contributed by atoms with Crippen LogP contribution in [0.2, 0.25) is 0 Å². The fraction of sp³-hybridized carbons (Fsp3) is 0.214. The van der Waals surface area contributed by atoms with E-state index < -0.39 is 0 Å². The second-order valence-corrected chi connectivity index (χ2v) is 8.22. The van der Waals surface area contributed by atoms with Gasteiger partial charge in [-0.2, -0.15) is 0 Å². The van der Waals surface area contributed by atoms with Gasteiger partial charge in [-0.15, -0.1) is 11.3 Å². The molecule has 0 spiro atoms. The summed E-state index contributed by atoms with van der Waals surface area (Å²) in [5, 5.41) is 1.12. The molecule has 3 aromatic rings. The Kier molecular flexibility index (Phi) is 4.16. The van der Waals surface area contributed by atoms with E-state index in [-0.39, 0.29) is 11.3 Å². The van der Waals surface area contributed by atoms with Gasteiger partial charge in [0.05, 0.1) is 20.1 Å². The van der Waals surface area contributed by atoms with Gasteiger partial charge in [-0.05, 0) is 47.1 Å². The Morgan fingerprint density at radius 1 is 1.30 bits per heavy atom. The summed E-state index contributed by atoms with van der Waals surface area (Å²) >= 11 is 6.92. The zero-order chi connectivity index (χ0) is 14.1.